The van der Waals surface area contributed by atoms with E-state index in [9.17, 15) is 18.0 Å². The number of carbonyl (C=O) groups is 1. The van der Waals surface area contributed by atoms with Gasteiger partial charge in [0.2, 0.25) is 0 Å². The normalized spacial score (nSPS) is 13.0. The van der Waals surface area contributed by atoms with Crippen LogP contribution in [0, 0.1) is 0 Å². The second kappa shape index (κ2) is 6.53. The van der Waals surface area contributed by atoms with E-state index in [2.05, 4.69) is 20.6 Å². The van der Waals surface area contributed by atoms with Crippen LogP contribution in [0.4, 0.5) is 13.2 Å². The molecule has 2 aromatic rings. The monoisotopic (exact) mass is 347 g/mol. The van der Waals surface area contributed by atoms with Gasteiger partial charge < -0.3 is 4.90 Å². The summed E-state index contributed by atoms with van der Waals surface area (Å²) in [6.45, 7) is 2.00. The van der Waals surface area contributed by atoms with E-state index in [1.54, 1.807) is 6.92 Å². The zero-order valence-electron chi connectivity index (χ0n) is 12.2. The zero-order valence-corrected chi connectivity index (χ0v) is 13.0. The number of hydrogen-bond acceptors (Lipinski definition) is 4. The van der Waals surface area contributed by atoms with Gasteiger partial charge in [-0.25, -0.2) is 0 Å². The van der Waals surface area contributed by atoms with Gasteiger partial charge in [0.05, 0.1) is 10.6 Å². The highest BCUT2D eigenvalue weighted by atomic mass is 35.5. The fourth-order valence-corrected chi connectivity index (χ4v) is 2.27. The van der Waals surface area contributed by atoms with Gasteiger partial charge in [-0.1, -0.05) is 23.7 Å². The van der Waals surface area contributed by atoms with Gasteiger partial charge in [0, 0.05) is 25.1 Å². The van der Waals surface area contributed by atoms with Crippen LogP contribution in [0.5, 0.6) is 0 Å². The van der Waals surface area contributed by atoms with E-state index in [1.807, 2.05) is 0 Å². The molecule has 0 saturated carbocycles. The molecule has 1 aromatic carbocycles. The van der Waals surface area contributed by atoms with E-state index in [1.165, 1.54) is 18.0 Å². The Hall–Kier alpha value is -2.16. The smallest absolute Gasteiger partial charge is 0.341 e. The van der Waals surface area contributed by atoms with Gasteiger partial charge in [-0.2, -0.15) is 18.4 Å². The maximum atomic E-state index is 12.9. The lowest BCUT2D eigenvalue weighted by molar-refractivity contribution is -0.137. The van der Waals surface area contributed by atoms with Crippen LogP contribution >= 0.6 is 11.6 Å². The number of H-pyrrole nitrogens is 1. The molecular formula is C13H13ClF3N5O. The molecule has 1 heterocycles. The molecule has 0 aliphatic rings. The lowest BCUT2D eigenvalue weighted by Gasteiger charge is -2.20. The molecule has 0 radical (unpaired) electrons. The minimum absolute atomic E-state index is 0.0930. The third-order valence-electron chi connectivity index (χ3n) is 3.22. The molecular weight excluding hydrogens is 335 g/mol. The van der Waals surface area contributed by atoms with E-state index >= 15 is 0 Å². The Bertz CT molecular complexity index is 689. The summed E-state index contributed by atoms with van der Waals surface area (Å²) in [5.74, 6) is -0.365. The maximum Gasteiger partial charge on any atom is 0.417 e. The molecule has 0 spiro atoms. The first kappa shape index (κ1) is 17.2. The number of carbonyl (C=O) groups excluding carboxylic acids is 1. The Morgan fingerprint density at radius 2 is 2.13 bits per heavy atom. The first-order valence-electron chi connectivity index (χ1n) is 6.55. The lowest BCUT2D eigenvalue weighted by atomic mass is 10.1. The number of aromatic nitrogens is 4. The predicted molar refractivity (Wildman–Crippen MR) is 76.0 cm³/mol. The van der Waals surface area contributed by atoms with Crippen molar-refractivity contribution >= 4 is 17.5 Å². The summed E-state index contributed by atoms with van der Waals surface area (Å²) in [5, 5.41) is 12.9. The highest BCUT2D eigenvalue weighted by molar-refractivity contribution is 6.31. The Morgan fingerprint density at radius 3 is 2.70 bits per heavy atom. The van der Waals surface area contributed by atoms with Gasteiger partial charge in [-0.15, -0.1) is 10.2 Å². The Kier molecular flexibility index (Phi) is 4.88. The minimum Gasteiger partial charge on any atom is -0.341 e. The van der Waals surface area contributed by atoms with Crippen molar-refractivity contribution in [2.45, 2.75) is 19.0 Å². The summed E-state index contributed by atoms with van der Waals surface area (Å²) < 4.78 is 38.6. The molecule has 0 saturated heterocycles. The topological polar surface area (TPSA) is 74.8 Å². The molecule has 124 valence electrons. The largest absolute Gasteiger partial charge is 0.417 e. The Labute approximate surface area is 134 Å². The van der Waals surface area contributed by atoms with Crippen LogP contribution in [-0.2, 0) is 6.18 Å². The average molecular weight is 348 g/mol. The molecule has 1 amide bonds. The number of rotatable bonds is 4. The molecule has 6 nitrogen and oxygen atoms in total. The zero-order chi connectivity index (χ0) is 17.2. The summed E-state index contributed by atoms with van der Waals surface area (Å²) in [5.41, 5.74) is -1.13. The van der Waals surface area contributed by atoms with Crippen LogP contribution in [-0.4, -0.2) is 45.0 Å². The summed E-state index contributed by atoms with van der Waals surface area (Å²) in [4.78, 5) is 13.6. The van der Waals surface area contributed by atoms with Crippen molar-refractivity contribution < 1.29 is 18.0 Å². The van der Waals surface area contributed by atoms with Crippen LogP contribution in [0.15, 0.2) is 18.2 Å². The number of nitrogens with one attached hydrogen (secondary N) is 1. The number of amides is 1. The molecule has 23 heavy (non-hydrogen) atoms. The quantitative estimate of drug-likeness (QED) is 0.922. The van der Waals surface area contributed by atoms with Crippen molar-refractivity contribution in [1.82, 2.24) is 25.5 Å². The third kappa shape index (κ3) is 3.98. The van der Waals surface area contributed by atoms with Gasteiger partial charge in [0.25, 0.3) is 5.91 Å². The van der Waals surface area contributed by atoms with E-state index in [4.69, 9.17) is 11.6 Å². The number of hydrogen-bond donors (Lipinski definition) is 1. The second-order valence-corrected chi connectivity index (χ2v) is 5.46. The van der Waals surface area contributed by atoms with Gasteiger partial charge in [-0.3, -0.25) is 4.79 Å². The molecule has 1 unspecified atom stereocenters. The fourth-order valence-electron chi connectivity index (χ4n) is 2.05. The molecule has 1 aromatic heterocycles. The third-order valence-corrected chi connectivity index (χ3v) is 3.55. The number of alkyl halides is 3. The van der Waals surface area contributed by atoms with E-state index in [0.29, 0.717) is 5.82 Å². The van der Waals surface area contributed by atoms with Gasteiger partial charge in [0.15, 0.2) is 5.82 Å². The van der Waals surface area contributed by atoms with Crippen LogP contribution < -0.4 is 0 Å². The fraction of sp³-hybridized carbons (Fsp3) is 0.385. The summed E-state index contributed by atoms with van der Waals surface area (Å²) in [6.07, 6.45) is -4.62. The number of benzene rings is 1. The molecule has 2 rings (SSSR count). The maximum absolute atomic E-state index is 12.9. The van der Waals surface area contributed by atoms with Crippen LogP contribution in [0.1, 0.15) is 34.6 Å². The summed E-state index contributed by atoms with van der Waals surface area (Å²) in [7, 11) is 1.49. The highest BCUT2D eigenvalue weighted by Gasteiger charge is 2.34. The first-order valence-corrected chi connectivity index (χ1v) is 6.93. The van der Waals surface area contributed by atoms with E-state index < -0.39 is 22.7 Å². The van der Waals surface area contributed by atoms with Crippen LogP contribution in [0.3, 0.4) is 0 Å². The van der Waals surface area contributed by atoms with Crippen LogP contribution in [0.2, 0.25) is 5.02 Å². The van der Waals surface area contributed by atoms with Crippen molar-refractivity contribution in [3.05, 3.63) is 40.2 Å². The van der Waals surface area contributed by atoms with Gasteiger partial charge in [-0.05, 0) is 18.2 Å². The number of likely N-dealkylation sites (N-methyl/N-ethyl adjacent to an activating group) is 1. The molecule has 1 atom stereocenters. The van der Waals surface area contributed by atoms with Crippen molar-refractivity contribution in [3.63, 3.8) is 0 Å². The Morgan fingerprint density at radius 1 is 1.43 bits per heavy atom. The van der Waals surface area contributed by atoms with E-state index in [-0.39, 0.29) is 18.0 Å². The van der Waals surface area contributed by atoms with Gasteiger partial charge in [0.1, 0.15) is 0 Å². The van der Waals surface area contributed by atoms with Crippen molar-refractivity contribution in [2.24, 2.45) is 0 Å². The minimum atomic E-state index is -4.62. The van der Waals surface area contributed by atoms with Gasteiger partial charge >= 0.3 is 6.18 Å². The van der Waals surface area contributed by atoms with E-state index in [0.717, 1.165) is 12.1 Å². The highest BCUT2D eigenvalue weighted by Crippen LogP contribution is 2.35. The van der Waals surface area contributed by atoms with Crippen molar-refractivity contribution in [3.8, 4) is 0 Å². The average Bonchev–Trinajstić information content (AvgIpc) is 3.00. The Balaban J connectivity index is 2.16. The standard InChI is InChI=1S/C13H13ClF3N5O/c1-7(11-18-20-21-19-11)6-22(2)12(23)8-3-4-10(14)9(5-8)13(15,16)17/h3-5,7H,6H2,1-2H3,(H,18,19,20,21). The second-order valence-electron chi connectivity index (χ2n) is 5.05. The molecule has 0 bridgehead atoms. The number of halogens is 4. The molecule has 1 N–H and O–H groups in total. The lowest BCUT2D eigenvalue weighted by Crippen LogP contribution is -2.31. The molecule has 10 heteroatoms. The summed E-state index contributed by atoms with van der Waals surface area (Å²) >= 11 is 5.55. The number of aromatic amines is 1. The van der Waals surface area contributed by atoms with Crippen LogP contribution in [0.25, 0.3) is 0 Å². The number of tetrazole rings is 1. The molecule has 0 fully saturated rings. The van der Waals surface area contributed by atoms with Crippen molar-refractivity contribution in [2.75, 3.05) is 13.6 Å². The van der Waals surface area contributed by atoms with Crippen molar-refractivity contribution in [1.29, 1.82) is 0 Å². The predicted octanol–water partition coefficient (Wildman–Crippen LogP) is 2.75. The molecule has 0 aliphatic heterocycles. The first-order chi connectivity index (χ1) is 10.7. The molecule has 0 aliphatic carbocycles. The SMILES string of the molecule is CC(CN(C)C(=O)c1ccc(Cl)c(C(F)(F)F)c1)c1nn[nH]n1. The number of nitrogens with zero attached hydrogens (tertiary/aromatic N) is 4. The summed E-state index contributed by atoms with van der Waals surface area (Å²) in [6, 6.07) is 3.07.